The third kappa shape index (κ3) is 1.22. The molecule has 2 aromatic heterocycles. The Morgan fingerprint density at radius 2 is 2.55 bits per heavy atom. The summed E-state index contributed by atoms with van der Waals surface area (Å²) < 4.78 is 5.05. The summed E-state index contributed by atoms with van der Waals surface area (Å²) in [5.74, 6) is 0.498. The van der Waals surface area contributed by atoms with Gasteiger partial charge >= 0.3 is 0 Å². The monoisotopic (exact) mass is 185 g/mol. The van der Waals surface area contributed by atoms with E-state index in [4.69, 9.17) is 16.6 Å². The molecule has 0 bridgehead atoms. The van der Waals surface area contributed by atoms with Gasteiger partial charge < -0.3 is 4.42 Å². The largest absolute Gasteiger partial charge is 0.408 e. The van der Waals surface area contributed by atoms with Gasteiger partial charge in [0.2, 0.25) is 0 Å². The van der Waals surface area contributed by atoms with Crippen molar-refractivity contribution in [1.29, 1.82) is 0 Å². The Bertz CT molecular complexity index is 388. The van der Waals surface area contributed by atoms with Gasteiger partial charge in [0.1, 0.15) is 4.88 Å². The first kappa shape index (κ1) is 6.68. The number of H-pyrrole nitrogens is 1. The summed E-state index contributed by atoms with van der Waals surface area (Å²) >= 11 is 6.16. The quantitative estimate of drug-likeness (QED) is 0.689. The molecule has 0 atom stereocenters. The Labute approximate surface area is 70.9 Å². The van der Waals surface area contributed by atoms with E-state index in [9.17, 15) is 0 Å². The summed E-state index contributed by atoms with van der Waals surface area (Å²) in [5.41, 5.74) is 1.71. The van der Waals surface area contributed by atoms with E-state index in [0.717, 1.165) is 4.88 Å². The first-order valence-corrected chi connectivity index (χ1v) is 4.09. The van der Waals surface area contributed by atoms with Crippen molar-refractivity contribution < 1.29 is 4.42 Å². The second-order valence-corrected chi connectivity index (χ2v) is 3.04. The Kier molecular flexibility index (Phi) is 1.55. The van der Waals surface area contributed by atoms with Crippen molar-refractivity contribution in [3.63, 3.8) is 0 Å². The molecule has 2 rings (SSSR count). The van der Waals surface area contributed by atoms with Crippen LogP contribution >= 0.6 is 23.6 Å². The topological polar surface area (TPSA) is 54.7 Å². The maximum Gasteiger partial charge on any atom is 0.284 e. The highest BCUT2D eigenvalue weighted by molar-refractivity contribution is 7.71. The maximum atomic E-state index is 5.05. The zero-order chi connectivity index (χ0) is 7.68. The standard InChI is InChI=1S/C5H3N3OS2/c10-5-8-7-4(9-5)3-1-6-2-11-3/h1-2H,(H,8,10). The van der Waals surface area contributed by atoms with Gasteiger partial charge in [-0.3, -0.25) is 4.98 Å². The van der Waals surface area contributed by atoms with Crippen molar-refractivity contribution in [3.05, 3.63) is 16.5 Å². The number of hydrogen-bond acceptors (Lipinski definition) is 5. The van der Waals surface area contributed by atoms with Gasteiger partial charge in [0, 0.05) is 0 Å². The van der Waals surface area contributed by atoms with E-state index in [1.165, 1.54) is 11.3 Å². The molecule has 56 valence electrons. The highest BCUT2D eigenvalue weighted by atomic mass is 32.1. The van der Waals surface area contributed by atoms with E-state index in [1.807, 2.05) is 0 Å². The fraction of sp³-hybridized carbons (Fsp3) is 0. The molecule has 0 spiro atoms. The SMILES string of the molecule is S=c1[nH]nc(-c2cncs2)o1. The van der Waals surface area contributed by atoms with Crippen LogP contribution in [-0.2, 0) is 0 Å². The van der Waals surface area contributed by atoms with Crippen molar-refractivity contribution in [2.24, 2.45) is 0 Å². The Balaban J connectivity index is 2.53. The van der Waals surface area contributed by atoms with E-state index in [2.05, 4.69) is 15.2 Å². The zero-order valence-corrected chi connectivity index (χ0v) is 6.91. The maximum absolute atomic E-state index is 5.05. The summed E-state index contributed by atoms with van der Waals surface area (Å²) in [6.45, 7) is 0. The lowest BCUT2D eigenvalue weighted by molar-refractivity contribution is 0.553. The van der Waals surface area contributed by atoms with Crippen molar-refractivity contribution in [2.75, 3.05) is 0 Å². The predicted molar refractivity (Wildman–Crippen MR) is 42.8 cm³/mol. The minimum absolute atomic E-state index is 0.286. The van der Waals surface area contributed by atoms with Crippen LogP contribution in [0.25, 0.3) is 10.8 Å². The number of aromatic amines is 1. The van der Waals surface area contributed by atoms with Crippen molar-refractivity contribution in [1.82, 2.24) is 15.2 Å². The lowest BCUT2D eigenvalue weighted by Gasteiger charge is -1.80. The van der Waals surface area contributed by atoms with Crippen molar-refractivity contribution >= 4 is 23.6 Å². The van der Waals surface area contributed by atoms with E-state index in [0.29, 0.717) is 5.89 Å². The highest BCUT2D eigenvalue weighted by Crippen LogP contribution is 2.19. The molecule has 0 aliphatic heterocycles. The Morgan fingerprint density at radius 3 is 3.09 bits per heavy atom. The van der Waals surface area contributed by atoms with Crippen LogP contribution in [-0.4, -0.2) is 15.2 Å². The van der Waals surface area contributed by atoms with Crippen LogP contribution in [0.2, 0.25) is 0 Å². The molecule has 0 amide bonds. The smallest absolute Gasteiger partial charge is 0.284 e. The summed E-state index contributed by atoms with van der Waals surface area (Å²) in [5, 5.41) is 6.37. The molecule has 0 saturated heterocycles. The second kappa shape index (κ2) is 2.55. The van der Waals surface area contributed by atoms with Crippen LogP contribution in [0.3, 0.4) is 0 Å². The highest BCUT2D eigenvalue weighted by Gasteiger charge is 2.03. The minimum Gasteiger partial charge on any atom is -0.408 e. The first-order chi connectivity index (χ1) is 5.36. The van der Waals surface area contributed by atoms with E-state index in [-0.39, 0.29) is 4.84 Å². The predicted octanol–water partition coefficient (Wildman–Crippen LogP) is 1.86. The lowest BCUT2D eigenvalue weighted by Crippen LogP contribution is -1.70. The van der Waals surface area contributed by atoms with Crippen LogP contribution in [0.5, 0.6) is 0 Å². The molecule has 2 aromatic rings. The van der Waals surface area contributed by atoms with E-state index < -0.39 is 0 Å². The van der Waals surface area contributed by atoms with Crippen molar-refractivity contribution in [2.45, 2.75) is 0 Å². The second-order valence-electron chi connectivity index (χ2n) is 1.78. The first-order valence-electron chi connectivity index (χ1n) is 2.80. The van der Waals surface area contributed by atoms with Crippen LogP contribution in [0.15, 0.2) is 16.1 Å². The van der Waals surface area contributed by atoms with Gasteiger partial charge in [0.25, 0.3) is 10.7 Å². The molecule has 6 heteroatoms. The lowest BCUT2D eigenvalue weighted by atomic mass is 10.6. The fourth-order valence-electron chi connectivity index (χ4n) is 0.657. The molecular weight excluding hydrogens is 182 g/mol. The summed E-state index contributed by atoms with van der Waals surface area (Å²) in [7, 11) is 0. The number of nitrogens with zero attached hydrogens (tertiary/aromatic N) is 2. The number of hydrogen-bond donors (Lipinski definition) is 1. The number of aromatic nitrogens is 3. The molecule has 4 nitrogen and oxygen atoms in total. The molecular formula is C5H3N3OS2. The molecule has 0 unspecified atom stereocenters. The third-order valence-corrected chi connectivity index (χ3v) is 2.02. The minimum atomic E-state index is 0.286. The van der Waals surface area contributed by atoms with Gasteiger partial charge in [0.15, 0.2) is 0 Å². The average molecular weight is 185 g/mol. The van der Waals surface area contributed by atoms with Crippen LogP contribution in [0, 0.1) is 4.84 Å². The molecule has 0 aromatic carbocycles. The molecule has 0 fully saturated rings. The fourth-order valence-corrected chi connectivity index (χ4v) is 1.33. The summed E-state index contributed by atoms with van der Waals surface area (Å²) in [6.07, 6.45) is 1.68. The molecule has 1 N–H and O–H groups in total. The van der Waals surface area contributed by atoms with Gasteiger partial charge in [-0.25, -0.2) is 5.10 Å². The van der Waals surface area contributed by atoms with E-state index >= 15 is 0 Å². The average Bonchev–Trinajstić information content (AvgIpc) is 2.55. The summed E-state index contributed by atoms with van der Waals surface area (Å²) in [6, 6.07) is 0. The Morgan fingerprint density at radius 1 is 1.64 bits per heavy atom. The van der Waals surface area contributed by atoms with Crippen LogP contribution in [0.4, 0.5) is 0 Å². The zero-order valence-electron chi connectivity index (χ0n) is 5.27. The van der Waals surface area contributed by atoms with Gasteiger partial charge in [-0.05, 0) is 12.2 Å². The van der Waals surface area contributed by atoms with Gasteiger partial charge in [0.05, 0.1) is 11.7 Å². The number of thiazole rings is 1. The molecule has 2 heterocycles. The van der Waals surface area contributed by atoms with Crippen LogP contribution in [0.1, 0.15) is 0 Å². The molecule has 0 aliphatic carbocycles. The Hall–Kier alpha value is -1.01. The number of nitrogens with one attached hydrogen (secondary N) is 1. The van der Waals surface area contributed by atoms with Gasteiger partial charge in [-0.1, -0.05) is 0 Å². The number of rotatable bonds is 1. The molecule has 0 saturated carbocycles. The summed E-state index contributed by atoms with van der Waals surface area (Å²) in [4.78, 5) is 5.04. The molecule has 0 radical (unpaired) electrons. The van der Waals surface area contributed by atoms with Gasteiger partial charge in [-0.15, -0.1) is 16.4 Å². The van der Waals surface area contributed by atoms with Gasteiger partial charge in [-0.2, -0.15) is 0 Å². The van der Waals surface area contributed by atoms with Crippen LogP contribution < -0.4 is 0 Å². The molecule has 11 heavy (non-hydrogen) atoms. The molecule has 0 aliphatic rings. The van der Waals surface area contributed by atoms with Crippen molar-refractivity contribution in [3.8, 4) is 10.8 Å². The van der Waals surface area contributed by atoms with E-state index in [1.54, 1.807) is 11.7 Å². The normalized spacial score (nSPS) is 10.2. The third-order valence-electron chi connectivity index (χ3n) is 1.08.